The Morgan fingerprint density at radius 2 is 2.12 bits per heavy atom. The van der Waals surface area contributed by atoms with Gasteiger partial charge in [0, 0.05) is 13.0 Å². The highest BCUT2D eigenvalue weighted by atomic mass is 16.7. The molecule has 1 rings (SSSR count). The summed E-state index contributed by atoms with van der Waals surface area (Å²) in [7, 11) is 0. The standard InChI is InChI=1S/C11H23N3O3/c1-2-13(11-7-4-3-5-8-11)14(16)12-17-10-6-9-15/h11,15H,2-10H2,1H3/b14-12-. The Bertz CT molecular complexity index is 230. The Morgan fingerprint density at radius 3 is 2.71 bits per heavy atom. The molecule has 0 spiro atoms. The lowest BCUT2D eigenvalue weighted by molar-refractivity contribution is -0.718. The number of nitrogens with zero attached hydrogens (tertiary/aromatic N) is 3. The third-order valence-corrected chi connectivity index (χ3v) is 3.06. The first-order chi connectivity index (χ1) is 8.29. The van der Waals surface area contributed by atoms with E-state index in [2.05, 4.69) is 5.28 Å². The number of aliphatic hydroxyl groups is 1. The molecule has 1 N–H and O–H groups in total. The average Bonchev–Trinajstić information content (AvgIpc) is 2.37. The van der Waals surface area contributed by atoms with Crippen molar-refractivity contribution in [1.82, 2.24) is 5.01 Å². The summed E-state index contributed by atoms with van der Waals surface area (Å²) < 4.78 is 0. The van der Waals surface area contributed by atoms with Gasteiger partial charge in [0.15, 0.2) is 0 Å². The number of hydrogen-bond acceptors (Lipinski definition) is 4. The second-order valence-electron chi connectivity index (χ2n) is 4.29. The Labute approximate surface area is 102 Å². The molecule has 0 aromatic heterocycles. The van der Waals surface area contributed by atoms with Crippen LogP contribution >= 0.6 is 0 Å². The van der Waals surface area contributed by atoms with E-state index in [0.29, 0.717) is 17.9 Å². The molecule has 0 bridgehead atoms. The molecule has 0 aromatic carbocycles. The molecule has 0 atom stereocenters. The van der Waals surface area contributed by atoms with Crippen molar-refractivity contribution in [3.63, 3.8) is 0 Å². The maximum Gasteiger partial charge on any atom is 0.233 e. The van der Waals surface area contributed by atoms with Crippen molar-refractivity contribution >= 4 is 0 Å². The Kier molecular flexibility index (Phi) is 6.69. The zero-order valence-electron chi connectivity index (χ0n) is 10.5. The van der Waals surface area contributed by atoms with Gasteiger partial charge >= 0.3 is 0 Å². The molecule has 0 unspecified atom stereocenters. The summed E-state index contributed by atoms with van der Waals surface area (Å²) >= 11 is 0. The Morgan fingerprint density at radius 1 is 1.41 bits per heavy atom. The summed E-state index contributed by atoms with van der Waals surface area (Å²) in [5.74, 6) is 0. The topological polar surface area (TPSA) is 71.1 Å². The molecule has 0 heterocycles. The van der Waals surface area contributed by atoms with E-state index in [0.717, 1.165) is 12.8 Å². The lowest BCUT2D eigenvalue weighted by Crippen LogP contribution is -2.41. The monoisotopic (exact) mass is 245 g/mol. The van der Waals surface area contributed by atoms with Gasteiger partial charge in [0.25, 0.3) is 0 Å². The number of rotatable bonds is 7. The third kappa shape index (κ3) is 4.77. The van der Waals surface area contributed by atoms with Gasteiger partial charge in [-0.05, 0) is 19.8 Å². The van der Waals surface area contributed by atoms with Gasteiger partial charge in [-0.2, -0.15) is 0 Å². The van der Waals surface area contributed by atoms with E-state index in [1.807, 2.05) is 6.92 Å². The van der Waals surface area contributed by atoms with E-state index in [-0.39, 0.29) is 19.3 Å². The lowest BCUT2D eigenvalue weighted by atomic mass is 9.95. The smallest absolute Gasteiger partial charge is 0.233 e. The fraction of sp³-hybridized carbons (Fsp3) is 1.00. The zero-order chi connectivity index (χ0) is 12.5. The first-order valence-corrected chi connectivity index (χ1v) is 6.47. The van der Waals surface area contributed by atoms with Gasteiger partial charge in [0.1, 0.15) is 6.61 Å². The molecule has 1 aliphatic carbocycles. The maximum atomic E-state index is 11.7. The van der Waals surface area contributed by atoms with Crippen LogP contribution in [0.2, 0.25) is 0 Å². The van der Waals surface area contributed by atoms with Crippen molar-refractivity contribution in [2.24, 2.45) is 5.28 Å². The highest BCUT2D eigenvalue weighted by molar-refractivity contribution is 4.70. The normalized spacial score (nSPS) is 18.1. The molecule has 0 amide bonds. The molecule has 1 saturated carbocycles. The van der Waals surface area contributed by atoms with Gasteiger partial charge in [-0.25, -0.2) is 0 Å². The SMILES string of the molecule is CCN(C1CCCCC1)/[N+]([O-])=N/OCCCO. The van der Waals surface area contributed by atoms with Crippen molar-refractivity contribution in [1.29, 1.82) is 0 Å². The fourth-order valence-electron chi connectivity index (χ4n) is 2.16. The molecular weight excluding hydrogens is 222 g/mol. The second-order valence-corrected chi connectivity index (χ2v) is 4.29. The summed E-state index contributed by atoms with van der Waals surface area (Å²) in [5, 5.41) is 25.5. The van der Waals surface area contributed by atoms with Crippen molar-refractivity contribution in [2.45, 2.75) is 51.5 Å². The van der Waals surface area contributed by atoms with Crippen LogP contribution in [0.3, 0.4) is 0 Å². The molecular formula is C11H23N3O3. The van der Waals surface area contributed by atoms with Gasteiger partial charge in [0.05, 0.1) is 17.6 Å². The van der Waals surface area contributed by atoms with E-state index in [9.17, 15) is 5.21 Å². The highest BCUT2D eigenvalue weighted by Gasteiger charge is 2.25. The Hall–Kier alpha value is -1.04. The molecule has 1 fully saturated rings. The summed E-state index contributed by atoms with van der Waals surface area (Å²) in [6.45, 7) is 2.91. The van der Waals surface area contributed by atoms with Gasteiger partial charge < -0.3 is 15.2 Å². The van der Waals surface area contributed by atoms with E-state index in [4.69, 9.17) is 9.94 Å². The van der Waals surface area contributed by atoms with E-state index in [1.165, 1.54) is 19.3 Å². The summed E-state index contributed by atoms with van der Waals surface area (Å²) in [6.07, 6.45) is 6.22. The van der Waals surface area contributed by atoms with Crippen molar-refractivity contribution in [3.05, 3.63) is 5.21 Å². The van der Waals surface area contributed by atoms with E-state index >= 15 is 0 Å². The first-order valence-electron chi connectivity index (χ1n) is 6.47. The van der Waals surface area contributed by atoms with E-state index in [1.54, 1.807) is 5.01 Å². The zero-order valence-corrected chi connectivity index (χ0v) is 10.5. The third-order valence-electron chi connectivity index (χ3n) is 3.06. The molecule has 17 heavy (non-hydrogen) atoms. The van der Waals surface area contributed by atoms with Crippen molar-refractivity contribution < 1.29 is 14.9 Å². The van der Waals surface area contributed by atoms with Crippen LogP contribution in [0.25, 0.3) is 0 Å². The first kappa shape index (κ1) is 14.0. The predicted molar refractivity (Wildman–Crippen MR) is 63.0 cm³/mol. The molecule has 0 aliphatic heterocycles. The lowest BCUT2D eigenvalue weighted by Gasteiger charge is -2.28. The summed E-state index contributed by atoms with van der Waals surface area (Å²) in [5.41, 5.74) is 0. The minimum Gasteiger partial charge on any atom is -0.569 e. The van der Waals surface area contributed by atoms with Crippen LogP contribution in [-0.2, 0) is 4.84 Å². The molecule has 6 nitrogen and oxygen atoms in total. The number of hydrazine groups is 1. The quantitative estimate of drug-likeness (QED) is 0.321. The molecule has 0 radical (unpaired) electrons. The highest BCUT2D eigenvalue weighted by Crippen LogP contribution is 2.22. The summed E-state index contributed by atoms with van der Waals surface area (Å²) in [4.78, 5) is 5.41. The second kappa shape index (κ2) is 8.11. The molecule has 0 saturated heterocycles. The van der Waals surface area contributed by atoms with Crippen LogP contribution in [0.4, 0.5) is 0 Å². The minimum absolute atomic E-state index is 0.0501. The minimum atomic E-state index is 0.0501. The van der Waals surface area contributed by atoms with Crippen molar-refractivity contribution in [2.75, 3.05) is 19.8 Å². The van der Waals surface area contributed by atoms with Crippen LogP contribution in [0.5, 0.6) is 0 Å². The molecule has 6 heteroatoms. The number of hydrogen-bond donors (Lipinski definition) is 1. The van der Waals surface area contributed by atoms with Gasteiger partial charge in [-0.1, -0.05) is 19.3 Å². The van der Waals surface area contributed by atoms with Gasteiger partial charge in [-0.15, -0.1) is 5.01 Å². The largest absolute Gasteiger partial charge is 0.569 e. The molecule has 0 aromatic rings. The fourth-order valence-corrected chi connectivity index (χ4v) is 2.16. The summed E-state index contributed by atoms with van der Waals surface area (Å²) in [6, 6.07) is 0.288. The van der Waals surface area contributed by atoms with Crippen molar-refractivity contribution in [3.8, 4) is 0 Å². The van der Waals surface area contributed by atoms with Gasteiger partial charge in [0.2, 0.25) is 5.28 Å². The van der Waals surface area contributed by atoms with Gasteiger partial charge in [-0.3, -0.25) is 0 Å². The number of aliphatic hydroxyl groups excluding tert-OH is 1. The average molecular weight is 245 g/mol. The van der Waals surface area contributed by atoms with Crippen LogP contribution in [0.1, 0.15) is 45.4 Å². The maximum absolute atomic E-state index is 11.7. The predicted octanol–water partition coefficient (Wildman–Crippen LogP) is 1.83. The molecule has 100 valence electrons. The van der Waals surface area contributed by atoms with Crippen LogP contribution < -0.4 is 0 Å². The van der Waals surface area contributed by atoms with E-state index < -0.39 is 0 Å². The van der Waals surface area contributed by atoms with Crippen LogP contribution in [0.15, 0.2) is 5.28 Å². The van der Waals surface area contributed by atoms with Crippen LogP contribution in [0, 0.1) is 5.21 Å². The van der Waals surface area contributed by atoms with Crippen LogP contribution in [-0.4, -0.2) is 40.9 Å². The molecule has 1 aliphatic rings. The Balaban J connectivity index is 2.41.